The highest BCUT2D eigenvalue weighted by molar-refractivity contribution is 5.97. The molecule has 1 aliphatic heterocycles. The highest BCUT2D eigenvalue weighted by atomic mass is 19.1. The van der Waals surface area contributed by atoms with Crippen molar-refractivity contribution in [3.8, 4) is 11.8 Å². The molecule has 3 N–H and O–H groups in total. The predicted molar refractivity (Wildman–Crippen MR) is 57.7 cm³/mol. The maximum atomic E-state index is 13.4. The zero-order valence-corrected chi connectivity index (χ0v) is 8.81. The molecule has 0 radical (unpaired) electrons. The second-order valence-electron chi connectivity index (χ2n) is 3.68. The minimum absolute atomic E-state index is 0.0118. The summed E-state index contributed by atoms with van der Waals surface area (Å²) in [5.74, 6) is -0.992. The monoisotopic (exact) mass is 235 g/mol. The number of nitriles is 1. The number of hydrogen-bond donors (Lipinski definition) is 2. The van der Waals surface area contributed by atoms with Crippen LogP contribution in [0, 0.1) is 17.1 Å². The van der Waals surface area contributed by atoms with E-state index >= 15 is 0 Å². The van der Waals surface area contributed by atoms with E-state index in [1.54, 1.807) is 6.07 Å². The number of hydrogen-bond acceptors (Lipinski definition) is 4. The van der Waals surface area contributed by atoms with Gasteiger partial charge in [0.1, 0.15) is 0 Å². The van der Waals surface area contributed by atoms with E-state index in [1.807, 2.05) is 0 Å². The smallest absolute Gasteiger partial charge is 0.265 e. The van der Waals surface area contributed by atoms with Crippen molar-refractivity contribution in [2.45, 2.75) is 18.6 Å². The first kappa shape index (κ1) is 11.4. The fourth-order valence-corrected chi connectivity index (χ4v) is 1.57. The van der Waals surface area contributed by atoms with E-state index in [0.29, 0.717) is 0 Å². The van der Waals surface area contributed by atoms with Crippen LogP contribution in [0.25, 0.3) is 0 Å². The molecule has 0 aliphatic carbocycles. The molecule has 2 rings (SSSR count). The minimum Gasteiger partial charge on any atom is -0.475 e. The molecule has 6 heteroatoms. The molecule has 1 unspecified atom stereocenters. The van der Waals surface area contributed by atoms with Gasteiger partial charge in [-0.3, -0.25) is 4.79 Å². The Morgan fingerprint density at radius 2 is 2.41 bits per heavy atom. The molecule has 0 fully saturated rings. The largest absolute Gasteiger partial charge is 0.475 e. The Morgan fingerprint density at radius 3 is 3.12 bits per heavy atom. The fourth-order valence-electron chi connectivity index (χ4n) is 1.57. The van der Waals surface area contributed by atoms with E-state index in [0.717, 1.165) is 0 Å². The second kappa shape index (κ2) is 4.39. The number of anilines is 1. The summed E-state index contributed by atoms with van der Waals surface area (Å²) in [4.78, 5) is 11.6. The summed E-state index contributed by atoms with van der Waals surface area (Å²) >= 11 is 0. The lowest BCUT2D eigenvalue weighted by Crippen LogP contribution is -2.41. The Kier molecular flexibility index (Phi) is 2.93. The first-order valence-electron chi connectivity index (χ1n) is 5.03. The van der Waals surface area contributed by atoms with Crippen molar-refractivity contribution < 1.29 is 13.9 Å². The molecule has 5 nitrogen and oxygen atoms in total. The van der Waals surface area contributed by atoms with Gasteiger partial charge in [-0.15, -0.1) is 0 Å². The van der Waals surface area contributed by atoms with Gasteiger partial charge in [-0.1, -0.05) is 6.07 Å². The molecule has 88 valence electrons. The lowest BCUT2D eigenvalue weighted by Gasteiger charge is -2.26. The van der Waals surface area contributed by atoms with E-state index in [1.165, 1.54) is 18.2 Å². The number of rotatable bonds is 2. The Bertz CT molecular complexity index is 498. The average molecular weight is 235 g/mol. The standard InChI is InChI=1S/C11H10FN3O2/c12-7-2-1-3-8-10(7)17-9(11(16)15-8)4-6(14)5-13/h1-3,6,9H,4,14H2,(H,15,16)/t6?,9-/m0/s1. The second-order valence-corrected chi connectivity index (χ2v) is 3.68. The van der Waals surface area contributed by atoms with Crippen LogP contribution < -0.4 is 15.8 Å². The molecule has 0 saturated carbocycles. The van der Waals surface area contributed by atoms with Crippen LogP contribution in [-0.2, 0) is 4.79 Å². The van der Waals surface area contributed by atoms with Crippen LogP contribution in [-0.4, -0.2) is 18.1 Å². The topological polar surface area (TPSA) is 88.1 Å². The molecule has 1 amide bonds. The average Bonchev–Trinajstić information content (AvgIpc) is 2.31. The van der Waals surface area contributed by atoms with Crippen LogP contribution in [0.2, 0.25) is 0 Å². The molecule has 1 aromatic rings. The van der Waals surface area contributed by atoms with Crippen LogP contribution in [0.3, 0.4) is 0 Å². The molecule has 17 heavy (non-hydrogen) atoms. The Hall–Kier alpha value is -2.13. The van der Waals surface area contributed by atoms with Crippen LogP contribution in [0.4, 0.5) is 10.1 Å². The summed E-state index contributed by atoms with van der Waals surface area (Å²) in [5, 5.41) is 11.1. The number of carbonyl (C=O) groups is 1. The Morgan fingerprint density at radius 1 is 1.65 bits per heavy atom. The van der Waals surface area contributed by atoms with Crippen LogP contribution in [0.5, 0.6) is 5.75 Å². The van der Waals surface area contributed by atoms with Crippen molar-refractivity contribution in [2.24, 2.45) is 5.73 Å². The number of nitrogens with two attached hydrogens (primary N) is 1. The van der Waals surface area contributed by atoms with Gasteiger partial charge >= 0.3 is 0 Å². The summed E-state index contributed by atoms with van der Waals surface area (Å²) in [6.07, 6.45) is -0.912. The zero-order chi connectivity index (χ0) is 12.4. The SMILES string of the molecule is N#CC(N)C[C@@H]1Oc2c(F)cccc2NC1=O. The van der Waals surface area contributed by atoms with Gasteiger partial charge in [0, 0.05) is 6.42 Å². The van der Waals surface area contributed by atoms with E-state index in [-0.39, 0.29) is 17.9 Å². The molecule has 1 heterocycles. The molecule has 0 saturated heterocycles. The Labute approximate surface area is 97.0 Å². The molecular formula is C11H10FN3O2. The van der Waals surface area contributed by atoms with E-state index < -0.39 is 23.9 Å². The molecule has 2 atom stereocenters. The van der Waals surface area contributed by atoms with E-state index in [9.17, 15) is 9.18 Å². The van der Waals surface area contributed by atoms with E-state index in [4.69, 9.17) is 15.7 Å². The molecule has 1 aliphatic rings. The third-order valence-electron chi connectivity index (χ3n) is 2.41. The van der Waals surface area contributed by atoms with Gasteiger partial charge in [0.25, 0.3) is 5.91 Å². The number of ether oxygens (including phenoxy) is 1. The summed E-state index contributed by atoms with van der Waals surface area (Å²) in [5.41, 5.74) is 5.70. The van der Waals surface area contributed by atoms with Gasteiger partial charge in [-0.25, -0.2) is 4.39 Å². The van der Waals surface area contributed by atoms with Gasteiger partial charge < -0.3 is 15.8 Å². The number of amides is 1. The lowest BCUT2D eigenvalue weighted by molar-refractivity contribution is -0.123. The van der Waals surface area contributed by atoms with Crippen LogP contribution in [0.1, 0.15) is 6.42 Å². The summed E-state index contributed by atoms with van der Waals surface area (Å²) in [6, 6.07) is 5.22. The maximum absolute atomic E-state index is 13.4. The van der Waals surface area contributed by atoms with Crippen LogP contribution >= 0.6 is 0 Å². The molecule has 0 aromatic heterocycles. The highest BCUT2D eigenvalue weighted by Crippen LogP contribution is 2.32. The number of fused-ring (bicyclic) bond motifs is 1. The lowest BCUT2D eigenvalue weighted by atomic mass is 10.1. The molecule has 0 spiro atoms. The number of nitrogens with one attached hydrogen (secondary N) is 1. The Balaban J connectivity index is 2.23. The zero-order valence-electron chi connectivity index (χ0n) is 8.81. The van der Waals surface area contributed by atoms with Gasteiger partial charge in [-0.05, 0) is 12.1 Å². The number of nitrogens with zero attached hydrogens (tertiary/aromatic N) is 1. The minimum atomic E-state index is -0.936. The molecule has 0 bridgehead atoms. The van der Waals surface area contributed by atoms with Crippen molar-refractivity contribution in [1.29, 1.82) is 5.26 Å². The van der Waals surface area contributed by atoms with Crippen molar-refractivity contribution in [3.63, 3.8) is 0 Å². The normalized spacial score (nSPS) is 19.6. The summed E-state index contributed by atoms with van der Waals surface area (Å²) in [7, 11) is 0. The van der Waals surface area contributed by atoms with E-state index in [2.05, 4.69) is 5.32 Å². The van der Waals surface area contributed by atoms with Crippen molar-refractivity contribution >= 4 is 11.6 Å². The third kappa shape index (κ3) is 2.19. The third-order valence-corrected chi connectivity index (χ3v) is 2.41. The number of halogens is 1. The fraction of sp³-hybridized carbons (Fsp3) is 0.273. The van der Waals surface area contributed by atoms with Gasteiger partial charge in [0.2, 0.25) is 0 Å². The summed E-state index contributed by atoms with van der Waals surface area (Å²) in [6.45, 7) is 0. The number of carbonyl (C=O) groups excluding carboxylic acids is 1. The first-order valence-corrected chi connectivity index (χ1v) is 5.03. The quantitative estimate of drug-likeness (QED) is 0.792. The van der Waals surface area contributed by atoms with Gasteiger partial charge in [0.15, 0.2) is 17.7 Å². The summed E-state index contributed by atoms with van der Waals surface area (Å²) < 4.78 is 18.6. The van der Waals surface area contributed by atoms with Crippen molar-refractivity contribution in [3.05, 3.63) is 24.0 Å². The van der Waals surface area contributed by atoms with Crippen LogP contribution in [0.15, 0.2) is 18.2 Å². The molecular weight excluding hydrogens is 225 g/mol. The van der Waals surface area contributed by atoms with Crippen molar-refractivity contribution in [2.75, 3.05) is 5.32 Å². The first-order chi connectivity index (χ1) is 8.11. The van der Waals surface area contributed by atoms with Gasteiger partial charge in [0.05, 0.1) is 17.8 Å². The number of benzene rings is 1. The highest BCUT2D eigenvalue weighted by Gasteiger charge is 2.30. The maximum Gasteiger partial charge on any atom is 0.265 e. The van der Waals surface area contributed by atoms with Gasteiger partial charge in [-0.2, -0.15) is 5.26 Å². The molecule has 1 aromatic carbocycles. The predicted octanol–water partition coefficient (Wildman–Crippen LogP) is 0.766. The number of para-hydroxylation sites is 1. The van der Waals surface area contributed by atoms with Crippen molar-refractivity contribution in [1.82, 2.24) is 0 Å².